The largest absolute Gasteiger partial charge is 0.508 e. The normalized spacial score (nSPS) is 12.2. The van der Waals surface area contributed by atoms with Gasteiger partial charge in [0.05, 0.1) is 0 Å². The monoisotopic (exact) mass is 255 g/mol. The van der Waals surface area contributed by atoms with Gasteiger partial charge >= 0.3 is 0 Å². The molecule has 1 N–H and O–H groups in total. The van der Waals surface area contributed by atoms with E-state index in [-0.39, 0.29) is 5.92 Å². The van der Waals surface area contributed by atoms with Crippen LogP contribution in [0.4, 0.5) is 5.69 Å². The van der Waals surface area contributed by atoms with Crippen molar-refractivity contribution in [3.8, 4) is 5.75 Å². The third-order valence-electron chi connectivity index (χ3n) is 3.54. The lowest BCUT2D eigenvalue weighted by Gasteiger charge is -2.14. The van der Waals surface area contributed by atoms with Gasteiger partial charge in [-0.25, -0.2) is 0 Å². The summed E-state index contributed by atoms with van der Waals surface area (Å²) in [5.74, 6) is 0.520. The highest BCUT2D eigenvalue weighted by Crippen LogP contribution is 2.30. The summed E-state index contributed by atoms with van der Waals surface area (Å²) in [5.41, 5.74) is 4.51. The Balaban J connectivity index is 2.38. The summed E-state index contributed by atoms with van der Waals surface area (Å²) in [4.78, 5) is 10.6. The van der Waals surface area contributed by atoms with Gasteiger partial charge in [0.1, 0.15) is 11.4 Å². The highest BCUT2D eigenvalue weighted by molar-refractivity contribution is 5.49. The Morgan fingerprint density at radius 3 is 2.11 bits per heavy atom. The molecule has 98 valence electrons. The zero-order valence-electron chi connectivity index (χ0n) is 11.3. The molecular formula is C16H17NO2. The van der Waals surface area contributed by atoms with Crippen LogP contribution in [0.15, 0.2) is 41.6 Å². The molecule has 1 unspecified atom stereocenters. The minimum atomic E-state index is 0.207. The summed E-state index contributed by atoms with van der Waals surface area (Å²) in [6.07, 6.45) is 0. The maximum absolute atomic E-state index is 10.6. The van der Waals surface area contributed by atoms with Crippen LogP contribution in [0.1, 0.15) is 35.1 Å². The molecule has 0 heterocycles. The molecule has 3 heteroatoms. The number of benzene rings is 2. The molecule has 2 aromatic carbocycles. The fraction of sp³-hybridized carbons (Fsp3) is 0.250. The lowest BCUT2D eigenvalue weighted by molar-refractivity contribution is 0.471. The second-order valence-corrected chi connectivity index (χ2v) is 4.90. The predicted molar refractivity (Wildman–Crippen MR) is 77.0 cm³/mol. The maximum atomic E-state index is 10.6. The lowest BCUT2D eigenvalue weighted by Crippen LogP contribution is -1.97. The van der Waals surface area contributed by atoms with Gasteiger partial charge in [-0.05, 0) is 53.4 Å². The average molecular weight is 255 g/mol. The van der Waals surface area contributed by atoms with Crippen LogP contribution in [0.25, 0.3) is 0 Å². The minimum absolute atomic E-state index is 0.207. The second kappa shape index (κ2) is 5.22. The van der Waals surface area contributed by atoms with Crippen molar-refractivity contribution in [3.05, 3.63) is 63.6 Å². The number of hydrogen-bond donors (Lipinski definition) is 1. The molecule has 0 bridgehead atoms. The minimum Gasteiger partial charge on any atom is -0.508 e. The van der Waals surface area contributed by atoms with E-state index in [1.54, 1.807) is 12.1 Å². The van der Waals surface area contributed by atoms with Crippen molar-refractivity contribution < 1.29 is 5.11 Å². The molecule has 0 spiro atoms. The second-order valence-electron chi connectivity index (χ2n) is 4.90. The SMILES string of the molecule is Cc1cc(C(C)c2ccc(N=O)c(C)c2)ccc1O. The van der Waals surface area contributed by atoms with Crippen LogP contribution in [-0.4, -0.2) is 5.11 Å². The van der Waals surface area contributed by atoms with Gasteiger partial charge in [0, 0.05) is 5.92 Å². The van der Waals surface area contributed by atoms with Crippen molar-refractivity contribution in [1.29, 1.82) is 0 Å². The van der Waals surface area contributed by atoms with Crippen molar-refractivity contribution in [2.45, 2.75) is 26.7 Å². The van der Waals surface area contributed by atoms with E-state index in [2.05, 4.69) is 12.1 Å². The summed E-state index contributed by atoms with van der Waals surface area (Å²) in [7, 11) is 0. The first-order chi connectivity index (χ1) is 9.02. The summed E-state index contributed by atoms with van der Waals surface area (Å²) in [6.45, 7) is 5.87. The number of hydrogen-bond acceptors (Lipinski definition) is 3. The Kier molecular flexibility index (Phi) is 3.65. The third kappa shape index (κ3) is 2.65. The van der Waals surface area contributed by atoms with Crippen molar-refractivity contribution in [2.75, 3.05) is 0 Å². The first-order valence-corrected chi connectivity index (χ1v) is 6.26. The molecule has 19 heavy (non-hydrogen) atoms. The molecule has 0 radical (unpaired) electrons. The zero-order chi connectivity index (χ0) is 14.0. The molecule has 0 aliphatic carbocycles. The van der Waals surface area contributed by atoms with Gasteiger partial charge in [-0.3, -0.25) is 0 Å². The Morgan fingerprint density at radius 1 is 1.00 bits per heavy atom. The lowest BCUT2D eigenvalue weighted by atomic mass is 9.91. The number of aromatic hydroxyl groups is 1. The van der Waals surface area contributed by atoms with Crippen LogP contribution in [0.2, 0.25) is 0 Å². The number of rotatable bonds is 3. The molecule has 1 atom stereocenters. The topological polar surface area (TPSA) is 49.7 Å². The van der Waals surface area contributed by atoms with Crippen LogP contribution in [0.3, 0.4) is 0 Å². The van der Waals surface area contributed by atoms with Gasteiger partial charge < -0.3 is 5.11 Å². The molecule has 0 saturated heterocycles. The Bertz CT molecular complexity index is 620. The van der Waals surface area contributed by atoms with E-state index in [0.717, 1.165) is 22.3 Å². The van der Waals surface area contributed by atoms with Crippen LogP contribution in [0, 0.1) is 18.8 Å². The molecule has 0 fully saturated rings. The summed E-state index contributed by atoms with van der Waals surface area (Å²) < 4.78 is 0. The van der Waals surface area contributed by atoms with E-state index in [9.17, 15) is 10.0 Å². The fourth-order valence-corrected chi connectivity index (χ4v) is 2.19. The maximum Gasteiger partial charge on any atom is 0.118 e. The van der Waals surface area contributed by atoms with Gasteiger partial charge in [-0.15, -0.1) is 4.91 Å². The predicted octanol–water partition coefficient (Wildman–Crippen LogP) is 4.56. The molecule has 0 saturated carbocycles. The Labute approximate surface area is 112 Å². The molecule has 0 aliphatic rings. The van der Waals surface area contributed by atoms with Crippen molar-refractivity contribution in [3.63, 3.8) is 0 Å². The molecule has 2 aromatic rings. The number of phenolic OH excluding ortho intramolecular Hbond substituents is 1. The average Bonchev–Trinajstić information content (AvgIpc) is 2.41. The van der Waals surface area contributed by atoms with Crippen molar-refractivity contribution in [2.24, 2.45) is 5.18 Å². The van der Waals surface area contributed by atoms with Crippen LogP contribution in [0.5, 0.6) is 5.75 Å². The smallest absolute Gasteiger partial charge is 0.118 e. The van der Waals surface area contributed by atoms with E-state index in [4.69, 9.17) is 0 Å². The first kappa shape index (κ1) is 13.3. The summed E-state index contributed by atoms with van der Waals surface area (Å²) in [6, 6.07) is 11.3. The van der Waals surface area contributed by atoms with Gasteiger partial charge in [0.25, 0.3) is 0 Å². The van der Waals surface area contributed by atoms with E-state index < -0.39 is 0 Å². The van der Waals surface area contributed by atoms with Crippen LogP contribution < -0.4 is 0 Å². The van der Waals surface area contributed by atoms with Crippen LogP contribution >= 0.6 is 0 Å². The van der Waals surface area contributed by atoms with Gasteiger partial charge in [0.15, 0.2) is 0 Å². The number of nitroso groups, excluding NO2 is 1. The van der Waals surface area contributed by atoms with Gasteiger partial charge in [-0.2, -0.15) is 0 Å². The van der Waals surface area contributed by atoms with E-state index >= 15 is 0 Å². The van der Waals surface area contributed by atoms with E-state index in [1.165, 1.54) is 0 Å². The number of phenols is 1. The van der Waals surface area contributed by atoms with Gasteiger partial charge in [-0.1, -0.05) is 31.2 Å². The molecule has 0 aliphatic heterocycles. The Hall–Kier alpha value is -2.16. The summed E-state index contributed by atoms with van der Waals surface area (Å²) >= 11 is 0. The Morgan fingerprint density at radius 2 is 1.58 bits per heavy atom. The fourth-order valence-electron chi connectivity index (χ4n) is 2.19. The van der Waals surface area contributed by atoms with Gasteiger partial charge in [0.2, 0.25) is 0 Å². The molecule has 0 aromatic heterocycles. The number of aryl methyl sites for hydroxylation is 2. The number of nitrogens with zero attached hydrogens (tertiary/aromatic N) is 1. The van der Waals surface area contributed by atoms with Crippen LogP contribution in [-0.2, 0) is 0 Å². The highest BCUT2D eigenvalue weighted by Gasteiger charge is 2.11. The highest BCUT2D eigenvalue weighted by atomic mass is 16.3. The molecule has 3 nitrogen and oxygen atoms in total. The first-order valence-electron chi connectivity index (χ1n) is 6.26. The standard InChI is InChI=1S/C16H17NO2/c1-10-8-13(4-6-15(10)17-19)12(3)14-5-7-16(18)11(2)9-14/h4-9,12,18H,1-3H3. The summed E-state index contributed by atoms with van der Waals surface area (Å²) in [5, 5.41) is 12.5. The molecule has 0 amide bonds. The van der Waals surface area contributed by atoms with E-state index in [0.29, 0.717) is 11.4 Å². The molecule has 2 rings (SSSR count). The third-order valence-corrected chi connectivity index (χ3v) is 3.54. The van der Waals surface area contributed by atoms with Crippen molar-refractivity contribution >= 4 is 5.69 Å². The molecular weight excluding hydrogens is 238 g/mol. The van der Waals surface area contributed by atoms with E-state index in [1.807, 2.05) is 38.1 Å². The van der Waals surface area contributed by atoms with Crippen molar-refractivity contribution in [1.82, 2.24) is 0 Å². The quantitative estimate of drug-likeness (QED) is 0.817. The zero-order valence-corrected chi connectivity index (χ0v) is 11.3.